The third kappa shape index (κ3) is 2.11. The Kier molecular flexibility index (Phi) is 3.84. The van der Waals surface area contributed by atoms with Crippen molar-refractivity contribution in [3.05, 3.63) is 36.5 Å². The molecule has 2 rings (SSSR count). The highest BCUT2D eigenvalue weighted by atomic mass is 14.7. The molecule has 0 saturated heterocycles. The zero-order valence-corrected chi connectivity index (χ0v) is 12.4. The summed E-state index contributed by atoms with van der Waals surface area (Å²) < 4.78 is 0. The maximum Gasteiger partial charge on any atom is -0.0131 e. The first-order valence-electron chi connectivity index (χ1n) is 7.56. The van der Waals surface area contributed by atoms with E-state index in [1.54, 1.807) is 0 Å². The van der Waals surface area contributed by atoms with Crippen LogP contribution in [0, 0.1) is 29.1 Å². The molecular formula is C18H28. The van der Waals surface area contributed by atoms with Crippen molar-refractivity contribution in [2.45, 2.75) is 47.0 Å². The third-order valence-corrected chi connectivity index (χ3v) is 5.61. The smallest absolute Gasteiger partial charge is 0.0131 e. The Balaban J connectivity index is 2.17. The van der Waals surface area contributed by atoms with Crippen molar-refractivity contribution < 1.29 is 0 Å². The zero-order chi connectivity index (χ0) is 13.3. The summed E-state index contributed by atoms with van der Waals surface area (Å²) in [7, 11) is 0. The van der Waals surface area contributed by atoms with Crippen LogP contribution in [0.1, 0.15) is 47.0 Å². The van der Waals surface area contributed by atoms with Gasteiger partial charge in [-0.3, -0.25) is 0 Å². The predicted molar refractivity (Wildman–Crippen MR) is 80.4 cm³/mol. The van der Waals surface area contributed by atoms with Gasteiger partial charge in [0.25, 0.3) is 0 Å². The second-order valence-corrected chi connectivity index (χ2v) is 6.44. The van der Waals surface area contributed by atoms with Crippen LogP contribution in [0.3, 0.4) is 0 Å². The molecular weight excluding hydrogens is 216 g/mol. The van der Waals surface area contributed by atoms with E-state index < -0.39 is 0 Å². The van der Waals surface area contributed by atoms with Gasteiger partial charge in [0.2, 0.25) is 0 Å². The van der Waals surface area contributed by atoms with Gasteiger partial charge in [0.15, 0.2) is 0 Å². The number of hydrogen-bond donors (Lipinski definition) is 0. The lowest BCUT2D eigenvalue weighted by Gasteiger charge is -2.19. The van der Waals surface area contributed by atoms with Crippen LogP contribution in [-0.2, 0) is 0 Å². The van der Waals surface area contributed by atoms with Crippen LogP contribution < -0.4 is 0 Å². The standard InChI is InChI=1S/C18H28/c1-6-13(4)12-16-17(18(16,5)8-3)15-11-9-10-14(15)7-2/h6,9,11-12,14-17H,1,7-8,10H2,2-5H3. The Hall–Kier alpha value is -0.780. The molecule has 1 fully saturated rings. The Morgan fingerprint density at radius 3 is 2.72 bits per heavy atom. The van der Waals surface area contributed by atoms with E-state index in [1.807, 2.05) is 6.08 Å². The fraction of sp³-hybridized carbons (Fsp3) is 0.667. The summed E-state index contributed by atoms with van der Waals surface area (Å²) >= 11 is 0. The van der Waals surface area contributed by atoms with E-state index >= 15 is 0 Å². The van der Waals surface area contributed by atoms with Crippen molar-refractivity contribution in [2.24, 2.45) is 29.1 Å². The Morgan fingerprint density at radius 2 is 2.17 bits per heavy atom. The summed E-state index contributed by atoms with van der Waals surface area (Å²) in [6.45, 7) is 13.2. The summed E-state index contributed by atoms with van der Waals surface area (Å²) in [5.41, 5.74) is 1.87. The molecule has 0 N–H and O–H groups in total. The van der Waals surface area contributed by atoms with Crippen LogP contribution in [0.2, 0.25) is 0 Å². The van der Waals surface area contributed by atoms with Crippen molar-refractivity contribution >= 4 is 0 Å². The van der Waals surface area contributed by atoms with E-state index in [2.05, 4.69) is 52.5 Å². The first-order valence-corrected chi connectivity index (χ1v) is 7.56. The number of allylic oxidation sites excluding steroid dienone is 5. The third-order valence-electron chi connectivity index (χ3n) is 5.61. The normalized spacial score (nSPS) is 43.2. The van der Waals surface area contributed by atoms with Gasteiger partial charge in [-0.25, -0.2) is 0 Å². The molecule has 0 aromatic heterocycles. The summed E-state index contributed by atoms with van der Waals surface area (Å²) in [5.74, 6) is 3.34. The summed E-state index contributed by atoms with van der Waals surface area (Å²) in [4.78, 5) is 0. The van der Waals surface area contributed by atoms with Crippen molar-refractivity contribution in [1.29, 1.82) is 0 Å². The predicted octanol–water partition coefficient (Wildman–Crippen LogP) is 5.38. The summed E-state index contributed by atoms with van der Waals surface area (Å²) in [6.07, 6.45) is 13.3. The molecule has 0 aromatic rings. The molecule has 0 heteroatoms. The molecule has 0 spiro atoms. The number of rotatable bonds is 5. The van der Waals surface area contributed by atoms with Gasteiger partial charge in [-0.05, 0) is 48.9 Å². The molecule has 0 amide bonds. The lowest BCUT2D eigenvalue weighted by atomic mass is 9.85. The molecule has 18 heavy (non-hydrogen) atoms. The number of hydrogen-bond acceptors (Lipinski definition) is 0. The molecule has 0 nitrogen and oxygen atoms in total. The highest BCUT2D eigenvalue weighted by Crippen LogP contribution is 2.67. The second kappa shape index (κ2) is 5.07. The van der Waals surface area contributed by atoms with Crippen LogP contribution in [0.5, 0.6) is 0 Å². The monoisotopic (exact) mass is 244 g/mol. The zero-order valence-electron chi connectivity index (χ0n) is 12.4. The van der Waals surface area contributed by atoms with Crippen molar-refractivity contribution in [1.82, 2.24) is 0 Å². The van der Waals surface area contributed by atoms with Gasteiger partial charge < -0.3 is 0 Å². The second-order valence-electron chi connectivity index (χ2n) is 6.44. The van der Waals surface area contributed by atoms with Gasteiger partial charge in [0.1, 0.15) is 0 Å². The van der Waals surface area contributed by atoms with Gasteiger partial charge >= 0.3 is 0 Å². The van der Waals surface area contributed by atoms with Crippen LogP contribution in [0.15, 0.2) is 36.5 Å². The van der Waals surface area contributed by atoms with Crippen LogP contribution in [0.25, 0.3) is 0 Å². The fourth-order valence-corrected chi connectivity index (χ4v) is 4.01. The molecule has 5 unspecified atom stereocenters. The maximum absolute atomic E-state index is 3.89. The lowest BCUT2D eigenvalue weighted by Crippen LogP contribution is -2.13. The topological polar surface area (TPSA) is 0 Å². The highest BCUT2D eigenvalue weighted by Gasteiger charge is 2.61. The van der Waals surface area contributed by atoms with Crippen molar-refractivity contribution in [2.75, 3.05) is 0 Å². The molecule has 0 heterocycles. The lowest BCUT2D eigenvalue weighted by molar-refractivity contribution is 0.322. The van der Waals surface area contributed by atoms with Gasteiger partial charge in [0, 0.05) is 0 Å². The first-order chi connectivity index (χ1) is 8.58. The minimum atomic E-state index is 0.525. The summed E-state index contributed by atoms with van der Waals surface area (Å²) in [5, 5.41) is 0. The minimum Gasteiger partial charge on any atom is -0.0988 e. The molecule has 0 aliphatic heterocycles. The van der Waals surface area contributed by atoms with E-state index in [0.717, 1.165) is 23.7 Å². The van der Waals surface area contributed by atoms with E-state index in [0.29, 0.717) is 5.41 Å². The maximum atomic E-state index is 3.89. The first kappa shape index (κ1) is 13.6. The summed E-state index contributed by atoms with van der Waals surface area (Å²) in [6, 6.07) is 0. The van der Waals surface area contributed by atoms with E-state index in [1.165, 1.54) is 24.8 Å². The largest absolute Gasteiger partial charge is 0.0988 e. The van der Waals surface area contributed by atoms with Crippen molar-refractivity contribution in [3.8, 4) is 0 Å². The molecule has 100 valence electrons. The minimum absolute atomic E-state index is 0.525. The average molecular weight is 244 g/mol. The molecule has 1 saturated carbocycles. The van der Waals surface area contributed by atoms with Gasteiger partial charge in [-0.1, -0.05) is 63.6 Å². The molecule has 0 radical (unpaired) electrons. The van der Waals surface area contributed by atoms with Crippen molar-refractivity contribution in [3.63, 3.8) is 0 Å². The molecule has 2 aliphatic carbocycles. The van der Waals surface area contributed by atoms with Crippen LogP contribution in [0.4, 0.5) is 0 Å². The average Bonchev–Trinajstić information content (AvgIpc) is 2.78. The molecule has 0 aromatic carbocycles. The SMILES string of the molecule is C=CC(C)=CC1C(C2C=CCC2CC)C1(C)CC. The van der Waals surface area contributed by atoms with E-state index in [4.69, 9.17) is 0 Å². The molecule has 2 aliphatic rings. The van der Waals surface area contributed by atoms with Crippen LogP contribution in [-0.4, -0.2) is 0 Å². The van der Waals surface area contributed by atoms with Gasteiger partial charge in [-0.2, -0.15) is 0 Å². The highest BCUT2D eigenvalue weighted by molar-refractivity contribution is 5.27. The Morgan fingerprint density at radius 1 is 1.44 bits per heavy atom. The van der Waals surface area contributed by atoms with Gasteiger partial charge in [0.05, 0.1) is 0 Å². The van der Waals surface area contributed by atoms with Gasteiger partial charge in [-0.15, -0.1) is 0 Å². The quantitative estimate of drug-likeness (QED) is 0.449. The Bertz CT molecular complexity index is 373. The van der Waals surface area contributed by atoms with E-state index in [-0.39, 0.29) is 0 Å². The fourth-order valence-electron chi connectivity index (χ4n) is 4.01. The van der Waals surface area contributed by atoms with Crippen LogP contribution >= 0.6 is 0 Å². The molecule has 5 atom stereocenters. The molecule has 0 bridgehead atoms. The van der Waals surface area contributed by atoms with E-state index in [9.17, 15) is 0 Å². The Labute approximate surface area is 113 Å².